The fraction of sp³-hybridized carbons (Fsp3) is 0.786. The molecule has 0 unspecified atom stereocenters. The van der Waals surface area contributed by atoms with Gasteiger partial charge in [-0.1, -0.05) is 38.7 Å². The van der Waals surface area contributed by atoms with Crippen molar-refractivity contribution in [1.29, 1.82) is 0 Å². The van der Waals surface area contributed by atoms with Gasteiger partial charge in [0.1, 0.15) is 6.29 Å². The summed E-state index contributed by atoms with van der Waals surface area (Å²) in [6.07, 6.45) is 10.6. The van der Waals surface area contributed by atoms with Crippen LogP contribution in [0.2, 0.25) is 0 Å². The molecule has 1 fully saturated rings. The highest BCUT2D eigenvalue weighted by atomic mass is 16.1. The summed E-state index contributed by atoms with van der Waals surface area (Å²) in [4.78, 5) is 10.5. The number of carbonyl (C=O) groups is 1. The van der Waals surface area contributed by atoms with Crippen molar-refractivity contribution in [2.75, 3.05) is 21.1 Å². The van der Waals surface area contributed by atoms with Crippen LogP contribution in [0.25, 0.3) is 0 Å². The van der Waals surface area contributed by atoms with Gasteiger partial charge in [0.25, 0.3) is 0 Å². The van der Waals surface area contributed by atoms with Gasteiger partial charge >= 0.3 is 0 Å². The second kappa shape index (κ2) is 21.6. The lowest BCUT2D eigenvalue weighted by molar-refractivity contribution is -0.105. The summed E-state index contributed by atoms with van der Waals surface area (Å²) in [5.74, 6) is 0.867. The van der Waals surface area contributed by atoms with Gasteiger partial charge < -0.3 is 17.2 Å². The third kappa shape index (κ3) is 13.4. The minimum absolute atomic E-state index is 0.867. The van der Waals surface area contributed by atoms with E-state index in [9.17, 15) is 4.79 Å². The van der Waals surface area contributed by atoms with E-state index in [0.717, 1.165) is 30.6 Å². The Morgan fingerprint density at radius 3 is 1.83 bits per heavy atom. The zero-order valence-electron chi connectivity index (χ0n) is 12.6. The van der Waals surface area contributed by atoms with Crippen LogP contribution in [0.3, 0.4) is 0 Å². The maximum Gasteiger partial charge on any atom is 0.145 e. The van der Waals surface area contributed by atoms with Crippen molar-refractivity contribution in [1.82, 2.24) is 0 Å². The average molecular weight is 259 g/mol. The molecule has 0 saturated heterocycles. The molecule has 1 aliphatic rings. The van der Waals surface area contributed by atoms with Gasteiger partial charge in [-0.05, 0) is 45.5 Å². The summed E-state index contributed by atoms with van der Waals surface area (Å²) in [7, 11) is 4.50. The van der Waals surface area contributed by atoms with E-state index in [1.807, 2.05) is 6.92 Å². The van der Waals surface area contributed by atoms with Gasteiger partial charge in [-0.2, -0.15) is 0 Å². The summed E-state index contributed by atoms with van der Waals surface area (Å²) < 4.78 is 0. The van der Waals surface area contributed by atoms with E-state index in [0.29, 0.717) is 0 Å². The monoisotopic (exact) mass is 259 g/mol. The summed E-state index contributed by atoms with van der Waals surface area (Å²) in [6, 6.07) is 0. The van der Waals surface area contributed by atoms with Crippen molar-refractivity contribution < 1.29 is 4.79 Å². The number of aldehydes is 1. The van der Waals surface area contributed by atoms with Gasteiger partial charge in [0, 0.05) is 0 Å². The van der Waals surface area contributed by atoms with Crippen molar-refractivity contribution >= 4 is 6.29 Å². The van der Waals surface area contributed by atoms with E-state index in [1.165, 1.54) is 46.8 Å². The fourth-order valence-electron chi connectivity index (χ4n) is 1.84. The van der Waals surface area contributed by atoms with Crippen molar-refractivity contribution in [2.45, 2.75) is 45.4 Å². The van der Waals surface area contributed by atoms with E-state index >= 15 is 0 Å². The highest BCUT2D eigenvalue weighted by Crippen LogP contribution is 2.28. The highest BCUT2D eigenvalue weighted by molar-refractivity contribution is 5.72. The van der Waals surface area contributed by atoms with Crippen molar-refractivity contribution in [3.63, 3.8) is 0 Å². The molecule has 0 aromatic heterocycles. The molecule has 18 heavy (non-hydrogen) atoms. The Kier molecular flexibility index (Phi) is 26.9. The first-order valence-corrected chi connectivity index (χ1v) is 6.74. The molecule has 0 aromatic carbocycles. The lowest BCUT2D eigenvalue weighted by Gasteiger charge is -2.04. The summed E-state index contributed by atoms with van der Waals surface area (Å²) in [5, 5.41) is 0. The van der Waals surface area contributed by atoms with Crippen LogP contribution < -0.4 is 17.2 Å². The molecule has 0 aromatic rings. The quantitative estimate of drug-likeness (QED) is 0.530. The van der Waals surface area contributed by atoms with Crippen LogP contribution in [-0.2, 0) is 4.79 Å². The SMILES string of the molecule is CCC(C=O)=CCC1CCCC1.CN.CN.CN. The molecule has 0 aliphatic heterocycles. The predicted molar refractivity (Wildman–Crippen MR) is 81.3 cm³/mol. The van der Waals surface area contributed by atoms with Crippen LogP contribution >= 0.6 is 0 Å². The first-order chi connectivity index (χ1) is 8.86. The zero-order valence-corrected chi connectivity index (χ0v) is 12.6. The van der Waals surface area contributed by atoms with E-state index in [1.54, 1.807) is 0 Å². The Balaban J connectivity index is -0.000000328. The van der Waals surface area contributed by atoms with Gasteiger partial charge in [-0.15, -0.1) is 0 Å². The Morgan fingerprint density at radius 1 is 1.06 bits per heavy atom. The smallest absolute Gasteiger partial charge is 0.145 e. The largest absolute Gasteiger partial charge is 0.333 e. The van der Waals surface area contributed by atoms with Gasteiger partial charge in [0.05, 0.1) is 0 Å². The van der Waals surface area contributed by atoms with Crippen LogP contribution in [-0.4, -0.2) is 27.4 Å². The third-order valence-electron chi connectivity index (χ3n) is 2.75. The van der Waals surface area contributed by atoms with Crippen LogP contribution in [0.1, 0.15) is 45.4 Å². The molecule has 0 spiro atoms. The first kappa shape index (κ1) is 22.5. The third-order valence-corrected chi connectivity index (χ3v) is 2.75. The Hall–Kier alpha value is -0.710. The maximum absolute atomic E-state index is 10.5. The van der Waals surface area contributed by atoms with E-state index < -0.39 is 0 Å². The number of hydrogen-bond acceptors (Lipinski definition) is 4. The lowest BCUT2D eigenvalue weighted by atomic mass is 10.0. The van der Waals surface area contributed by atoms with Crippen LogP contribution in [0.15, 0.2) is 11.6 Å². The van der Waals surface area contributed by atoms with Crippen molar-refractivity contribution in [3.8, 4) is 0 Å². The molecule has 1 rings (SSSR count). The molecule has 0 heterocycles. The zero-order chi connectivity index (χ0) is 14.8. The minimum Gasteiger partial charge on any atom is -0.333 e. The number of rotatable bonds is 4. The molecule has 0 amide bonds. The van der Waals surface area contributed by atoms with Crippen LogP contribution in [0, 0.1) is 5.92 Å². The van der Waals surface area contributed by atoms with E-state index in [2.05, 4.69) is 23.3 Å². The molecular formula is C14H33N3O. The average Bonchev–Trinajstić information content (AvgIpc) is 3.00. The second-order valence-corrected chi connectivity index (χ2v) is 3.64. The topological polar surface area (TPSA) is 95.1 Å². The Bertz CT molecular complexity index is 176. The van der Waals surface area contributed by atoms with Crippen molar-refractivity contribution in [3.05, 3.63) is 11.6 Å². The summed E-state index contributed by atoms with van der Waals surface area (Å²) >= 11 is 0. The molecule has 6 N–H and O–H groups in total. The molecule has 0 bridgehead atoms. The van der Waals surface area contributed by atoms with E-state index in [4.69, 9.17) is 0 Å². The van der Waals surface area contributed by atoms with Gasteiger partial charge in [0.2, 0.25) is 0 Å². The molecule has 4 nitrogen and oxygen atoms in total. The maximum atomic E-state index is 10.5. The summed E-state index contributed by atoms with van der Waals surface area (Å²) in [5.41, 5.74) is 14.5. The summed E-state index contributed by atoms with van der Waals surface area (Å²) in [6.45, 7) is 2.04. The standard InChI is InChI=1S/C11H18O.3CH5N/c1-2-10(9-12)7-8-11-5-3-4-6-11;3*1-2/h7,9,11H,2-6,8H2,1H3;3*2H2,1H3. The predicted octanol–water partition coefficient (Wildman–Crippen LogP) is 1.83. The molecule has 0 radical (unpaired) electrons. The van der Waals surface area contributed by atoms with Crippen LogP contribution in [0.5, 0.6) is 0 Å². The fourth-order valence-corrected chi connectivity index (χ4v) is 1.84. The molecule has 1 saturated carbocycles. The van der Waals surface area contributed by atoms with E-state index in [-0.39, 0.29) is 0 Å². The molecular weight excluding hydrogens is 226 g/mol. The number of allylic oxidation sites excluding steroid dienone is 2. The van der Waals surface area contributed by atoms with Gasteiger partial charge in [-0.3, -0.25) is 4.79 Å². The Labute approximate surface area is 113 Å². The van der Waals surface area contributed by atoms with Gasteiger partial charge in [-0.25, -0.2) is 0 Å². The van der Waals surface area contributed by atoms with Crippen LogP contribution in [0.4, 0.5) is 0 Å². The lowest BCUT2D eigenvalue weighted by Crippen LogP contribution is -1.91. The normalized spacial score (nSPS) is 14.3. The van der Waals surface area contributed by atoms with Crippen molar-refractivity contribution in [2.24, 2.45) is 23.1 Å². The molecule has 110 valence electrons. The Morgan fingerprint density at radius 2 is 1.50 bits per heavy atom. The molecule has 0 atom stereocenters. The van der Waals surface area contributed by atoms with Gasteiger partial charge in [0.15, 0.2) is 0 Å². The number of carbonyl (C=O) groups excluding carboxylic acids is 1. The molecule has 4 heteroatoms. The molecule has 1 aliphatic carbocycles. The first-order valence-electron chi connectivity index (χ1n) is 6.74. The minimum atomic E-state index is 0.867. The number of nitrogens with two attached hydrogens (primary N) is 3. The number of hydrogen-bond donors (Lipinski definition) is 3. The second-order valence-electron chi connectivity index (χ2n) is 3.64. The highest BCUT2D eigenvalue weighted by Gasteiger charge is 2.13.